The van der Waals surface area contributed by atoms with Crippen LogP contribution in [0.15, 0.2) is 65.7 Å². The van der Waals surface area contributed by atoms with Gasteiger partial charge < -0.3 is 20.5 Å². The average molecular weight is 778 g/mol. The summed E-state index contributed by atoms with van der Waals surface area (Å²) in [6.45, 7) is 6.35. The lowest BCUT2D eigenvalue weighted by Crippen LogP contribution is -2.61. The van der Waals surface area contributed by atoms with E-state index in [1.807, 2.05) is 6.07 Å². The first-order valence-electron chi connectivity index (χ1n) is 17.3. The maximum Gasteiger partial charge on any atom is 0.294 e. The van der Waals surface area contributed by atoms with E-state index < -0.39 is 45.0 Å². The van der Waals surface area contributed by atoms with Gasteiger partial charge in [-0.2, -0.15) is 8.42 Å². The molecule has 2 spiro atoms. The van der Waals surface area contributed by atoms with Crippen LogP contribution in [0.25, 0.3) is 0 Å². The van der Waals surface area contributed by atoms with Crippen molar-refractivity contribution in [1.82, 2.24) is 15.6 Å². The summed E-state index contributed by atoms with van der Waals surface area (Å²) in [6, 6.07) is 13.0. The van der Waals surface area contributed by atoms with Crippen molar-refractivity contribution < 1.29 is 36.8 Å². The van der Waals surface area contributed by atoms with Crippen LogP contribution in [-0.2, 0) is 29.9 Å². The molecule has 280 valence electrons. The molecule has 3 aromatic rings. The van der Waals surface area contributed by atoms with E-state index in [1.54, 1.807) is 37.3 Å². The van der Waals surface area contributed by atoms with Crippen LogP contribution in [0.1, 0.15) is 76.3 Å². The highest BCUT2D eigenvalue weighted by molar-refractivity contribution is 7.85. The summed E-state index contributed by atoms with van der Waals surface area (Å²) in [5.41, 5.74) is -0.699. The molecule has 1 aliphatic carbocycles. The van der Waals surface area contributed by atoms with Gasteiger partial charge in [-0.15, -0.1) is 0 Å². The van der Waals surface area contributed by atoms with Gasteiger partial charge in [-0.1, -0.05) is 61.3 Å². The van der Waals surface area contributed by atoms with Gasteiger partial charge in [0.25, 0.3) is 10.1 Å². The summed E-state index contributed by atoms with van der Waals surface area (Å²) < 4.78 is 51.1. The third kappa shape index (κ3) is 7.08. The number of hydrogen-bond donors (Lipinski definition) is 5. The lowest BCUT2D eigenvalue weighted by Gasteiger charge is -2.50. The molecule has 6 atom stereocenters. The maximum atomic E-state index is 16.0. The molecule has 1 saturated carbocycles. The fraction of sp³-hybridized carbons (Fsp3) is 0.486. The first-order chi connectivity index (χ1) is 24.5. The van der Waals surface area contributed by atoms with Gasteiger partial charge >= 0.3 is 0 Å². The van der Waals surface area contributed by atoms with E-state index in [0.29, 0.717) is 42.0 Å². The first-order valence-corrected chi connectivity index (χ1v) is 19.5. The Balaban J connectivity index is 0.000000402. The number of nitrogens with one attached hydrogen (secondary N) is 3. The molecular formula is C37H43Cl2FN4O7S. The normalized spacial score (nSPS) is 28.0. The highest BCUT2D eigenvalue weighted by atomic mass is 35.5. The molecule has 2 aromatic carbocycles. The molecule has 2 saturated heterocycles. The highest BCUT2D eigenvalue weighted by Crippen LogP contribution is 2.64. The zero-order valence-corrected chi connectivity index (χ0v) is 31.4. The molecule has 3 aliphatic heterocycles. The number of halogens is 3. The Kier molecular flexibility index (Phi) is 10.8. The van der Waals surface area contributed by atoms with Crippen molar-refractivity contribution in [3.8, 4) is 0 Å². The van der Waals surface area contributed by atoms with Gasteiger partial charge in [-0.05, 0) is 92.3 Å². The number of fused-ring (bicyclic) bond motifs is 3. The molecule has 7 rings (SSSR count). The molecule has 1 aromatic heterocycles. The van der Waals surface area contributed by atoms with E-state index >= 15 is 4.39 Å². The quantitative estimate of drug-likeness (QED) is 0.159. The lowest BCUT2D eigenvalue weighted by molar-refractivity contribution is -0.126. The van der Waals surface area contributed by atoms with Crippen LogP contribution < -0.4 is 16.0 Å². The zero-order chi connectivity index (χ0) is 37.6. The first kappa shape index (κ1) is 38.6. The summed E-state index contributed by atoms with van der Waals surface area (Å²) in [7, 11) is -4.00. The Morgan fingerprint density at radius 1 is 1.08 bits per heavy atom. The summed E-state index contributed by atoms with van der Waals surface area (Å²) in [5.74, 6) is -2.31. The summed E-state index contributed by atoms with van der Waals surface area (Å²) >= 11 is 12.6. The Labute approximate surface area is 312 Å². The number of carbonyl (C=O) groups is 2. The smallest absolute Gasteiger partial charge is 0.294 e. The van der Waals surface area contributed by atoms with E-state index in [9.17, 15) is 23.1 Å². The second kappa shape index (κ2) is 14.6. The SMILES string of the molecule is CC(O)[C@@H]1CC[C@@H](NC(=O)[C@@H]2NC3(CCC(C)(C)CC3)[C@@]3(C(=O)Nc4cc(Cl)ccc43)[C@H]2c2ccnc(Cl)c2F)CO1.O=S(=O)(O)c1ccccc1. The summed E-state index contributed by atoms with van der Waals surface area (Å²) in [5, 5.41) is 19.9. The molecule has 2 amide bonds. The van der Waals surface area contributed by atoms with Crippen LogP contribution >= 0.6 is 23.2 Å². The molecular weight excluding hydrogens is 734 g/mol. The minimum atomic E-state index is -4.00. The van der Waals surface area contributed by atoms with E-state index in [0.717, 1.165) is 12.8 Å². The van der Waals surface area contributed by atoms with E-state index in [1.165, 1.54) is 24.4 Å². The number of amides is 2. The predicted molar refractivity (Wildman–Crippen MR) is 194 cm³/mol. The standard InChI is InChI=1S/C31H37Cl2FN4O4.C6H6O3S/c1-16(39)22-7-5-18(15-42-22)36-27(40)25-23(19-8-13-35-26(33)24(19)34)31(30(38-25)11-9-29(2,3)10-12-30)20-6-4-17(32)14-21(20)37-28(31)41;7-10(8,9)6-4-2-1-3-5-6/h4,6,8,13-14,16,18,22-23,25,38-39H,5,7,9-12,15H2,1-3H3,(H,36,40)(H,37,41);1-5H,(H,7,8,9)/t16?,18-,22+,23+,25-,31-;/m1./s1. The molecule has 0 radical (unpaired) electrons. The van der Waals surface area contributed by atoms with Crippen LogP contribution in [-0.4, -0.2) is 71.3 Å². The second-order valence-corrected chi connectivity index (χ2v) is 17.2. The second-order valence-electron chi connectivity index (χ2n) is 15.0. The van der Waals surface area contributed by atoms with Crippen LogP contribution in [0, 0.1) is 11.2 Å². The Hall–Kier alpha value is -3.17. The molecule has 5 N–H and O–H groups in total. The number of anilines is 1. The van der Waals surface area contributed by atoms with Gasteiger partial charge in [0.1, 0.15) is 5.41 Å². The van der Waals surface area contributed by atoms with Crippen molar-refractivity contribution in [2.24, 2.45) is 5.41 Å². The van der Waals surface area contributed by atoms with Gasteiger partial charge in [0.15, 0.2) is 11.0 Å². The van der Waals surface area contributed by atoms with Crippen LogP contribution in [0.5, 0.6) is 0 Å². The van der Waals surface area contributed by atoms with Crippen molar-refractivity contribution in [3.05, 3.63) is 87.9 Å². The molecule has 4 aliphatic rings. The number of aromatic nitrogens is 1. The number of aliphatic hydroxyl groups is 1. The number of rotatable bonds is 5. The molecule has 52 heavy (non-hydrogen) atoms. The summed E-state index contributed by atoms with van der Waals surface area (Å²) in [6.07, 6.45) is 4.60. The predicted octanol–water partition coefficient (Wildman–Crippen LogP) is 5.79. The lowest BCUT2D eigenvalue weighted by atomic mass is 9.53. The van der Waals surface area contributed by atoms with Crippen molar-refractivity contribution >= 4 is 50.8 Å². The third-order valence-electron chi connectivity index (χ3n) is 11.2. The average Bonchev–Trinajstić information content (AvgIpc) is 3.56. The third-order valence-corrected chi connectivity index (χ3v) is 12.6. The Morgan fingerprint density at radius 3 is 2.37 bits per heavy atom. The minimum Gasteiger partial charge on any atom is -0.391 e. The van der Waals surface area contributed by atoms with Crippen molar-refractivity contribution in [1.29, 1.82) is 0 Å². The van der Waals surface area contributed by atoms with Gasteiger partial charge in [0, 0.05) is 28.4 Å². The maximum absolute atomic E-state index is 16.0. The fourth-order valence-corrected chi connectivity index (χ4v) is 9.32. The molecule has 4 heterocycles. The number of aliphatic hydroxyl groups excluding tert-OH is 1. The number of nitrogens with zero attached hydrogens (tertiary/aromatic N) is 1. The van der Waals surface area contributed by atoms with Crippen LogP contribution in [0.2, 0.25) is 10.2 Å². The van der Waals surface area contributed by atoms with Crippen molar-refractivity contribution in [3.63, 3.8) is 0 Å². The van der Waals surface area contributed by atoms with Crippen LogP contribution in [0.4, 0.5) is 10.1 Å². The van der Waals surface area contributed by atoms with Gasteiger partial charge in [0.2, 0.25) is 11.8 Å². The largest absolute Gasteiger partial charge is 0.391 e. The number of ether oxygens (including phenoxy) is 1. The Morgan fingerprint density at radius 2 is 1.77 bits per heavy atom. The van der Waals surface area contributed by atoms with E-state index in [2.05, 4.69) is 34.8 Å². The fourth-order valence-electron chi connectivity index (χ4n) is 8.48. The molecule has 1 unspecified atom stereocenters. The van der Waals surface area contributed by atoms with Crippen LogP contribution in [0.3, 0.4) is 0 Å². The monoisotopic (exact) mass is 776 g/mol. The highest BCUT2D eigenvalue weighted by Gasteiger charge is 2.73. The molecule has 0 bridgehead atoms. The van der Waals surface area contributed by atoms with Crippen molar-refractivity contribution in [2.75, 3.05) is 11.9 Å². The topological polar surface area (TPSA) is 167 Å². The van der Waals surface area contributed by atoms with Gasteiger partial charge in [-0.25, -0.2) is 9.37 Å². The molecule has 15 heteroatoms. The molecule has 3 fully saturated rings. The number of pyridine rings is 1. The minimum absolute atomic E-state index is 0.0485. The van der Waals surface area contributed by atoms with E-state index in [-0.39, 0.29) is 51.6 Å². The molecule has 11 nitrogen and oxygen atoms in total. The number of benzene rings is 2. The van der Waals surface area contributed by atoms with E-state index in [4.69, 9.17) is 32.5 Å². The zero-order valence-electron chi connectivity index (χ0n) is 29.0. The number of hydrogen-bond acceptors (Lipinski definition) is 8. The Bertz CT molecular complexity index is 1930. The summed E-state index contributed by atoms with van der Waals surface area (Å²) in [4.78, 5) is 32.6. The van der Waals surface area contributed by atoms with Gasteiger partial charge in [-0.3, -0.25) is 19.5 Å². The van der Waals surface area contributed by atoms with Gasteiger partial charge in [0.05, 0.1) is 35.8 Å². The number of carbonyl (C=O) groups excluding carboxylic acids is 2. The van der Waals surface area contributed by atoms with Crippen molar-refractivity contribution in [2.45, 2.75) is 105 Å².